The third kappa shape index (κ3) is 4.80. The van der Waals surface area contributed by atoms with Crippen LogP contribution in [0.4, 0.5) is 0 Å². The van der Waals surface area contributed by atoms with Crippen LogP contribution in [0.5, 0.6) is 0 Å². The molecule has 2 rings (SSSR count). The second-order valence-electron chi connectivity index (χ2n) is 5.76. The molecule has 0 aliphatic carbocycles. The van der Waals surface area contributed by atoms with Crippen LogP contribution in [-0.2, 0) is 13.6 Å². The van der Waals surface area contributed by atoms with Crippen LogP contribution >= 0.6 is 11.3 Å². The monoisotopic (exact) mass is 334 g/mol. The average molecular weight is 334 g/mol. The van der Waals surface area contributed by atoms with Crippen LogP contribution in [0.15, 0.2) is 28.8 Å². The molecule has 0 spiro atoms. The summed E-state index contributed by atoms with van der Waals surface area (Å²) >= 11 is 1.77. The molecule has 0 saturated carbocycles. The molecule has 0 aromatic carbocycles. The van der Waals surface area contributed by atoms with Crippen molar-refractivity contribution in [3.8, 4) is 0 Å². The van der Waals surface area contributed by atoms with Crippen LogP contribution in [0.25, 0.3) is 0 Å². The average Bonchev–Trinajstić information content (AvgIpc) is 3.11. The first-order valence-electron chi connectivity index (χ1n) is 7.63. The smallest absolute Gasteiger partial charge is 0.191 e. The number of hydrogen-bond acceptors (Lipinski definition) is 4. The lowest BCUT2D eigenvalue weighted by Crippen LogP contribution is -2.41. The first-order chi connectivity index (χ1) is 11.0. The van der Waals surface area contributed by atoms with E-state index in [1.165, 1.54) is 16.0 Å². The molecule has 0 aliphatic heterocycles. The Hall–Kier alpha value is -1.86. The Bertz CT molecular complexity index is 643. The summed E-state index contributed by atoms with van der Waals surface area (Å²) in [6.07, 6.45) is 3.97. The van der Waals surface area contributed by atoms with Gasteiger partial charge >= 0.3 is 0 Å². The number of likely N-dealkylation sites (N-methyl/N-ethyl adjacent to an activating group) is 1. The van der Waals surface area contributed by atoms with Crippen LogP contribution in [0.3, 0.4) is 0 Å². The van der Waals surface area contributed by atoms with Gasteiger partial charge in [0.2, 0.25) is 0 Å². The number of guanidine groups is 1. The van der Waals surface area contributed by atoms with Gasteiger partial charge in [-0.1, -0.05) is 0 Å². The lowest BCUT2D eigenvalue weighted by molar-refractivity contribution is 0.298. The zero-order valence-corrected chi connectivity index (χ0v) is 15.3. The maximum absolute atomic E-state index is 4.31. The molecule has 0 saturated heterocycles. The minimum atomic E-state index is 0.241. The van der Waals surface area contributed by atoms with Crippen LogP contribution in [0.2, 0.25) is 0 Å². The Kier molecular flexibility index (Phi) is 6.18. The van der Waals surface area contributed by atoms with Crippen molar-refractivity contribution in [2.24, 2.45) is 12.0 Å². The number of nitrogens with one attached hydrogen (secondary N) is 2. The summed E-state index contributed by atoms with van der Waals surface area (Å²) in [6.45, 7) is 3.69. The van der Waals surface area contributed by atoms with Crippen molar-refractivity contribution in [2.75, 3.05) is 27.7 Å². The van der Waals surface area contributed by atoms with Crippen molar-refractivity contribution in [1.82, 2.24) is 25.3 Å². The van der Waals surface area contributed by atoms with Gasteiger partial charge in [0.15, 0.2) is 5.96 Å². The van der Waals surface area contributed by atoms with Crippen molar-refractivity contribution < 1.29 is 0 Å². The molecule has 2 heterocycles. The second-order valence-corrected chi connectivity index (χ2v) is 6.76. The molecule has 7 heteroatoms. The molecule has 0 amide bonds. The fourth-order valence-corrected chi connectivity index (χ4v) is 3.22. The molecule has 0 bridgehead atoms. The molecule has 1 unspecified atom stereocenters. The third-order valence-electron chi connectivity index (χ3n) is 3.80. The number of aromatic nitrogens is 2. The quantitative estimate of drug-likeness (QED) is 0.624. The standard InChI is InChI=1S/C16H26N6S/c1-12-6-7-23-15(12)10-19-16(17-2)18-9-14(21(3)4)13-8-20-22(5)11-13/h6-8,11,14H,9-10H2,1-5H3,(H2,17,18,19). The number of aryl methyl sites for hydroxylation is 2. The van der Waals surface area contributed by atoms with E-state index in [4.69, 9.17) is 0 Å². The highest BCUT2D eigenvalue weighted by atomic mass is 32.1. The van der Waals surface area contributed by atoms with E-state index in [0.717, 1.165) is 19.0 Å². The molecular formula is C16H26N6S. The van der Waals surface area contributed by atoms with Crippen LogP contribution in [-0.4, -0.2) is 48.3 Å². The van der Waals surface area contributed by atoms with Crippen LogP contribution in [0, 0.1) is 6.92 Å². The molecule has 2 aromatic rings. The Morgan fingerprint density at radius 2 is 2.22 bits per heavy atom. The Labute approximate surface area is 142 Å². The summed E-state index contributed by atoms with van der Waals surface area (Å²) in [7, 11) is 7.88. The zero-order chi connectivity index (χ0) is 16.8. The number of thiophene rings is 1. The maximum Gasteiger partial charge on any atom is 0.191 e. The largest absolute Gasteiger partial charge is 0.354 e. The maximum atomic E-state index is 4.31. The highest BCUT2D eigenvalue weighted by Crippen LogP contribution is 2.16. The van der Waals surface area contributed by atoms with E-state index in [-0.39, 0.29) is 6.04 Å². The number of aliphatic imine (C=N–C) groups is 1. The van der Waals surface area contributed by atoms with Gasteiger partial charge in [0.05, 0.1) is 18.8 Å². The van der Waals surface area contributed by atoms with E-state index in [0.29, 0.717) is 0 Å². The minimum Gasteiger partial charge on any atom is -0.354 e. The molecule has 0 fully saturated rings. The molecule has 126 valence electrons. The SMILES string of the molecule is CN=C(NCc1sccc1C)NCC(c1cnn(C)c1)N(C)C. The Morgan fingerprint density at radius 1 is 1.43 bits per heavy atom. The highest BCUT2D eigenvalue weighted by Gasteiger charge is 2.16. The summed E-state index contributed by atoms with van der Waals surface area (Å²) in [5, 5.41) is 13.2. The van der Waals surface area contributed by atoms with Crippen molar-refractivity contribution in [2.45, 2.75) is 19.5 Å². The van der Waals surface area contributed by atoms with Gasteiger partial charge in [-0.25, -0.2) is 0 Å². The van der Waals surface area contributed by atoms with Gasteiger partial charge in [0.1, 0.15) is 0 Å². The fourth-order valence-electron chi connectivity index (χ4n) is 2.37. The minimum absolute atomic E-state index is 0.241. The molecule has 6 nitrogen and oxygen atoms in total. The zero-order valence-electron chi connectivity index (χ0n) is 14.5. The lowest BCUT2D eigenvalue weighted by atomic mass is 10.1. The summed E-state index contributed by atoms with van der Waals surface area (Å²) in [6, 6.07) is 2.38. The summed E-state index contributed by atoms with van der Waals surface area (Å²) in [5.74, 6) is 0.813. The van der Waals surface area contributed by atoms with Crippen molar-refractivity contribution in [3.63, 3.8) is 0 Å². The van der Waals surface area contributed by atoms with Gasteiger partial charge in [-0.2, -0.15) is 5.10 Å². The molecule has 0 radical (unpaired) electrons. The van der Waals surface area contributed by atoms with E-state index in [1.807, 2.05) is 17.9 Å². The van der Waals surface area contributed by atoms with Gasteiger partial charge in [0.25, 0.3) is 0 Å². The molecule has 2 aromatic heterocycles. The summed E-state index contributed by atoms with van der Waals surface area (Å²) in [5.41, 5.74) is 2.51. The van der Waals surface area contributed by atoms with Crippen molar-refractivity contribution in [1.29, 1.82) is 0 Å². The van der Waals surface area contributed by atoms with Gasteiger partial charge in [-0.15, -0.1) is 11.3 Å². The van der Waals surface area contributed by atoms with Crippen LogP contribution < -0.4 is 10.6 Å². The summed E-state index contributed by atoms with van der Waals surface area (Å²) < 4.78 is 1.83. The van der Waals surface area contributed by atoms with Crippen molar-refractivity contribution in [3.05, 3.63) is 39.8 Å². The third-order valence-corrected chi connectivity index (χ3v) is 4.83. The van der Waals surface area contributed by atoms with E-state index in [9.17, 15) is 0 Å². The molecule has 1 atom stereocenters. The lowest BCUT2D eigenvalue weighted by Gasteiger charge is -2.24. The molecular weight excluding hydrogens is 308 g/mol. The number of rotatable bonds is 6. The topological polar surface area (TPSA) is 57.5 Å². The van der Waals surface area contributed by atoms with Gasteiger partial charge in [0, 0.05) is 37.3 Å². The van der Waals surface area contributed by atoms with E-state index >= 15 is 0 Å². The van der Waals surface area contributed by atoms with Crippen molar-refractivity contribution >= 4 is 17.3 Å². The molecule has 23 heavy (non-hydrogen) atoms. The van der Waals surface area contributed by atoms with Crippen LogP contribution in [0.1, 0.15) is 22.0 Å². The molecule has 0 aliphatic rings. The van der Waals surface area contributed by atoms with E-state index in [2.05, 4.69) is 64.3 Å². The first kappa shape index (κ1) is 17.5. The van der Waals surface area contributed by atoms with Gasteiger partial charge in [-0.3, -0.25) is 9.67 Å². The molecule has 2 N–H and O–H groups in total. The van der Waals surface area contributed by atoms with E-state index in [1.54, 1.807) is 18.4 Å². The summed E-state index contributed by atoms with van der Waals surface area (Å²) in [4.78, 5) is 7.83. The fraction of sp³-hybridized carbons (Fsp3) is 0.500. The highest BCUT2D eigenvalue weighted by molar-refractivity contribution is 7.10. The van der Waals surface area contributed by atoms with Gasteiger partial charge < -0.3 is 15.5 Å². The number of hydrogen-bond donors (Lipinski definition) is 2. The normalized spacial score (nSPS) is 13.4. The predicted molar refractivity (Wildman–Crippen MR) is 96.9 cm³/mol. The Balaban J connectivity index is 1.91. The predicted octanol–water partition coefficient (Wildman–Crippen LogP) is 1.76. The first-order valence-corrected chi connectivity index (χ1v) is 8.51. The Morgan fingerprint density at radius 3 is 2.74 bits per heavy atom. The number of nitrogens with zero attached hydrogens (tertiary/aromatic N) is 4. The van der Waals surface area contributed by atoms with Gasteiger partial charge in [-0.05, 0) is 38.0 Å². The van der Waals surface area contributed by atoms with E-state index < -0.39 is 0 Å². The second kappa shape index (κ2) is 8.12.